The van der Waals surface area contributed by atoms with Gasteiger partial charge in [0.1, 0.15) is 0 Å². The molecule has 0 bridgehead atoms. The summed E-state index contributed by atoms with van der Waals surface area (Å²) in [6, 6.07) is 4.48. The first-order chi connectivity index (χ1) is 7.84. The van der Waals surface area contributed by atoms with Crippen molar-refractivity contribution in [2.75, 3.05) is 11.9 Å². The first-order valence-electron chi connectivity index (χ1n) is 6.59. The molecule has 0 aromatic carbocycles. The fourth-order valence-corrected chi connectivity index (χ4v) is 3.02. The van der Waals surface area contributed by atoms with Crippen molar-refractivity contribution in [1.82, 2.24) is 4.98 Å². The van der Waals surface area contributed by atoms with Crippen molar-refractivity contribution in [2.45, 2.75) is 50.9 Å². The molecule has 1 unspecified atom stereocenters. The number of rotatable bonds is 1. The minimum Gasteiger partial charge on any atom is -0.384 e. The van der Waals surface area contributed by atoms with Crippen molar-refractivity contribution < 1.29 is 0 Å². The van der Waals surface area contributed by atoms with E-state index in [4.69, 9.17) is 4.98 Å². The molecule has 2 heteroatoms. The molecule has 1 aromatic rings. The number of fused-ring (bicyclic) bond motifs is 1. The second-order valence-electron chi connectivity index (χ2n) is 5.27. The van der Waals surface area contributed by atoms with Crippen molar-refractivity contribution in [2.24, 2.45) is 0 Å². The minimum absolute atomic E-state index is 0.623. The van der Waals surface area contributed by atoms with Crippen LogP contribution >= 0.6 is 0 Å². The number of nitrogens with zero attached hydrogens (tertiary/aromatic N) is 1. The van der Waals surface area contributed by atoms with E-state index in [-0.39, 0.29) is 0 Å². The van der Waals surface area contributed by atoms with Gasteiger partial charge >= 0.3 is 0 Å². The second-order valence-corrected chi connectivity index (χ2v) is 5.27. The van der Waals surface area contributed by atoms with E-state index >= 15 is 0 Å². The zero-order chi connectivity index (χ0) is 11.0. The number of anilines is 1. The van der Waals surface area contributed by atoms with Crippen LogP contribution < -0.4 is 5.32 Å². The Morgan fingerprint density at radius 1 is 1.19 bits per heavy atom. The number of hydrogen-bond donors (Lipinski definition) is 1. The molecule has 0 saturated heterocycles. The summed E-state index contributed by atoms with van der Waals surface area (Å²) in [6.07, 6.45) is 6.67. The van der Waals surface area contributed by atoms with Gasteiger partial charge in [0.25, 0.3) is 0 Å². The molecule has 86 valence electrons. The fraction of sp³-hybridized carbons (Fsp3) is 0.643. The van der Waals surface area contributed by atoms with Crippen LogP contribution in [0.4, 0.5) is 5.69 Å². The first-order valence-corrected chi connectivity index (χ1v) is 6.59. The van der Waals surface area contributed by atoms with Gasteiger partial charge < -0.3 is 5.32 Å². The summed E-state index contributed by atoms with van der Waals surface area (Å²) in [5, 5.41) is 3.45. The molecule has 16 heavy (non-hydrogen) atoms. The average molecular weight is 216 g/mol. The summed E-state index contributed by atoms with van der Waals surface area (Å²) in [5.41, 5.74) is 3.91. The van der Waals surface area contributed by atoms with E-state index in [1.807, 2.05) is 0 Å². The van der Waals surface area contributed by atoms with Gasteiger partial charge in [-0.05, 0) is 31.4 Å². The van der Waals surface area contributed by atoms with Crippen LogP contribution in [0.5, 0.6) is 0 Å². The maximum absolute atomic E-state index is 4.91. The fourth-order valence-electron chi connectivity index (χ4n) is 3.02. The molecule has 3 rings (SSSR count). The topological polar surface area (TPSA) is 24.9 Å². The van der Waals surface area contributed by atoms with E-state index in [2.05, 4.69) is 24.4 Å². The molecular weight excluding hydrogens is 196 g/mol. The van der Waals surface area contributed by atoms with E-state index in [0.717, 1.165) is 12.5 Å². The molecule has 2 heterocycles. The summed E-state index contributed by atoms with van der Waals surface area (Å²) in [7, 11) is 0. The average Bonchev–Trinajstić information content (AvgIpc) is 2.83. The number of aromatic nitrogens is 1. The largest absolute Gasteiger partial charge is 0.384 e. The van der Waals surface area contributed by atoms with Crippen LogP contribution in [0.3, 0.4) is 0 Å². The van der Waals surface area contributed by atoms with Gasteiger partial charge in [-0.25, -0.2) is 0 Å². The SMILES string of the molecule is CC1CCNc2ccc(C3CCCC3)nc21. The molecule has 2 aliphatic rings. The maximum atomic E-state index is 4.91. The third-order valence-corrected chi connectivity index (χ3v) is 4.08. The molecule has 2 nitrogen and oxygen atoms in total. The molecule has 0 amide bonds. The second kappa shape index (κ2) is 4.08. The smallest absolute Gasteiger partial charge is 0.0666 e. The van der Waals surface area contributed by atoms with Crippen molar-refractivity contribution in [3.63, 3.8) is 0 Å². The molecule has 1 aliphatic carbocycles. The summed E-state index contributed by atoms with van der Waals surface area (Å²) < 4.78 is 0. The van der Waals surface area contributed by atoms with Gasteiger partial charge in [-0.15, -0.1) is 0 Å². The normalized spacial score (nSPS) is 25.2. The predicted molar refractivity (Wildman–Crippen MR) is 67.0 cm³/mol. The van der Waals surface area contributed by atoms with Crippen molar-refractivity contribution in [1.29, 1.82) is 0 Å². The third kappa shape index (κ3) is 1.70. The quantitative estimate of drug-likeness (QED) is 0.775. The van der Waals surface area contributed by atoms with E-state index < -0.39 is 0 Å². The molecule has 1 aliphatic heterocycles. The van der Waals surface area contributed by atoms with Crippen LogP contribution in [-0.4, -0.2) is 11.5 Å². The molecule has 1 N–H and O–H groups in total. The van der Waals surface area contributed by atoms with E-state index in [0.29, 0.717) is 5.92 Å². The van der Waals surface area contributed by atoms with Crippen molar-refractivity contribution in [3.05, 3.63) is 23.5 Å². The van der Waals surface area contributed by atoms with Gasteiger partial charge in [0.05, 0.1) is 11.4 Å². The van der Waals surface area contributed by atoms with E-state index in [1.54, 1.807) is 0 Å². The highest BCUT2D eigenvalue weighted by Gasteiger charge is 2.22. The van der Waals surface area contributed by atoms with Gasteiger partial charge in [0.2, 0.25) is 0 Å². The molecule has 1 fully saturated rings. The number of pyridine rings is 1. The van der Waals surface area contributed by atoms with Gasteiger partial charge in [0.15, 0.2) is 0 Å². The van der Waals surface area contributed by atoms with Crippen LogP contribution in [0.2, 0.25) is 0 Å². The summed E-state index contributed by atoms with van der Waals surface area (Å²) >= 11 is 0. The van der Waals surface area contributed by atoms with Gasteiger partial charge in [-0.3, -0.25) is 4.98 Å². The Labute approximate surface area is 97.5 Å². The van der Waals surface area contributed by atoms with Crippen molar-refractivity contribution >= 4 is 5.69 Å². The molecule has 0 spiro atoms. The Balaban J connectivity index is 1.93. The van der Waals surface area contributed by atoms with E-state index in [1.165, 1.54) is 49.2 Å². The van der Waals surface area contributed by atoms with Gasteiger partial charge in [-0.1, -0.05) is 19.8 Å². The minimum atomic E-state index is 0.623. The number of hydrogen-bond acceptors (Lipinski definition) is 2. The zero-order valence-corrected chi connectivity index (χ0v) is 10.00. The lowest BCUT2D eigenvalue weighted by molar-refractivity contribution is 0.636. The summed E-state index contributed by atoms with van der Waals surface area (Å²) in [5.74, 6) is 1.36. The Morgan fingerprint density at radius 2 is 2.00 bits per heavy atom. The van der Waals surface area contributed by atoms with Gasteiger partial charge in [0, 0.05) is 24.1 Å². The summed E-state index contributed by atoms with van der Waals surface area (Å²) in [4.78, 5) is 4.91. The monoisotopic (exact) mass is 216 g/mol. The number of nitrogens with one attached hydrogen (secondary N) is 1. The first kappa shape index (κ1) is 10.1. The highest BCUT2D eigenvalue weighted by atomic mass is 14.9. The molecule has 1 saturated carbocycles. The van der Waals surface area contributed by atoms with E-state index in [9.17, 15) is 0 Å². The third-order valence-electron chi connectivity index (χ3n) is 4.08. The Kier molecular flexibility index (Phi) is 2.58. The highest BCUT2D eigenvalue weighted by molar-refractivity contribution is 5.52. The van der Waals surface area contributed by atoms with Crippen LogP contribution in [0.25, 0.3) is 0 Å². The molecule has 1 atom stereocenters. The zero-order valence-electron chi connectivity index (χ0n) is 10.00. The molecule has 1 aromatic heterocycles. The van der Waals surface area contributed by atoms with Crippen LogP contribution in [0, 0.1) is 0 Å². The van der Waals surface area contributed by atoms with Gasteiger partial charge in [-0.2, -0.15) is 0 Å². The van der Waals surface area contributed by atoms with Crippen LogP contribution in [0.15, 0.2) is 12.1 Å². The van der Waals surface area contributed by atoms with Crippen LogP contribution in [-0.2, 0) is 0 Å². The Hall–Kier alpha value is -1.05. The Bertz CT molecular complexity index is 380. The standard InChI is InChI=1S/C14H20N2/c1-10-8-9-15-13-7-6-12(16-14(10)13)11-4-2-3-5-11/h6-7,10-11,15H,2-5,8-9H2,1H3. The van der Waals surface area contributed by atoms with Crippen molar-refractivity contribution in [3.8, 4) is 0 Å². The summed E-state index contributed by atoms with van der Waals surface area (Å²) in [6.45, 7) is 3.39. The molecular formula is C14H20N2. The Morgan fingerprint density at radius 3 is 2.81 bits per heavy atom. The highest BCUT2D eigenvalue weighted by Crippen LogP contribution is 2.36. The molecule has 0 radical (unpaired) electrons. The van der Waals surface area contributed by atoms with Crippen LogP contribution in [0.1, 0.15) is 62.3 Å². The predicted octanol–water partition coefficient (Wildman–Crippen LogP) is 3.66. The lowest BCUT2D eigenvalue weighted by atomic mass is 9.95. The maximum Gasteiger partial charge on any atom is 0.0666 e. The lowest BCUT2D eigenvalue weighted by Gasteiger charge is -2.24. The lowest BCUT2D eigenvalue weighted by Crippen LogP contribution is -2.17.